The second-order valence-electron chi connectivity index (χ2n) is 3.65. The van der Waals surface area contributed by atoms with E-state index in [2.05, 4.69) is 26.2 Å². The van der Waals surface area contributed by atoms with Crippen LogP contribution in [0.1, 0.15) is 24.3 Å². The Labute approximate surface area is 102 Å². The molecule has 1 heterocycles. The van der Waals surface area contributed by atoms with Gasteiger partial charge in [-0.05, 0) is 31.5 Å². The summed E-state index contributed by atoms with van der Waals surface area (Å²) in [6.45, 7) is 3.67. The van der Waals surface area contributed by atoms with Gasteiger partial charge in [-0.1, -0.05) is 27.2 Å². The molecule has 1 unspecified atom stereocenters. The van der Waals surface area contributed by atoms with Crippen molar-refractivity contribution < 1.29 is 5.11 Å². The predicted molar refractivity (Wildman–Crippen MR) is 64.4 cm³/mol. The van der Waals surface area contributed by atoms with E-state index >= 15 is 0 Å². The first-order valence-corrected chi connectivity index (χ1v) is 5.74. The lowest BCUT2D eigenvalue weighted by atomic mass is 10.2. The van der Waals surface area contributed by atoms with Gasteiger partial charge >= 0.3 is 0 Å². The monoisotopic (exact) mass is 281 g/mol. The minimum atomic E-state index is -0.596. The van der Waals surface area contributed by atoms with E-state index in [0.29, 0.717) is 5.69 Å². The van der Waals surface area contributed by atoms with Crippen molar-refractivity contribution in [3.63, 3.8) is 0 Å². The Bertz CT molecular complexity index is 508. The van der Waals surface area contributed by atoms with Gasteiger partial charge in [0.1, 0.15) is 5.69 Å². The Hall–Kier alpha value is -1.20. The van der Waals surface area contributed by atoms with Crippen molar-refractivity contribution in [2.75, 3.05) is 0 Å². The number of nitrogens with zero attached hydrogens (tertiary/aromatic N) is 3. The molecule has 0 saturated heterocycles. The molecule has 0 spiro atoms. The van der Waals surface area contributed by atoms with Crippen LogP contribution in [0.4, 0.5) is 0 Å². The summed E-state index contributed by atoms with van der Waals surface area (Å²) in [6, 6.07) is 5.88. The first kappa shape index (κ1) is 11.3. The third-order valence-corrected chi connectivity index (χ3v) is 3.28. The number of rotatable bonds is 2. The number of aromatic nitrogens is 3. The van der Waals surface area contributed by atoms with Crippen LogP contribution in [-0.4, -0.2) is 20.1 Å². The predicted octanol–water partition coefficient (Wildman–Crippen LogP) is 2.39. The van der Waals surface area contributed by atoms with Gasteiger partial charge in [0, 0.05) is 4.47 Å². The van der Waals surface area contributed by atoms with Crippen LogP contribution < -0.4 is 0 Å². The van der Waals surface area contributed by atoms with Gasteiger partial charge in [0.05, 0.1) is 18.0 Å². The molecule has 0 aliphatic carbocycles. The highest BCUT2D eigenvalue weighted by molar-refractivity contribution is 9.10. The lowest BCUT2D eigenvalue weighted by molar-refractivity contribution is 0.194. The Kier molecular flexibility index (Phi) is 3.07. The second-order valence-corrected chi connectivity index (χ2v) is 4.50. The maximum absolute atomic E-state index is 9.38. The van der Waals surface area contributed by atoms with Crippen molar-refractivity contribution in [1.29, 1.82) is 0 Å². The van der Waals surface area contributed by atoms with Crippen LogP contribution in [0.3, 0.4) is 0 Å². The third kappa shape index (κ3) is 2.01. The van der Waals surface area contributed by atoms with Gasteiger partial charge in [0.15, 0.2) is 0 Å². The first-order valence-electron chi connectivity index (χ1n) is 4.95. The molecule has 0 aliphatic heterocycles. The Balaban J connectivity index is 2.47. The molecule has 2 rings (SSSR count). The van der Waals surface area contributed by atoms with E-state index in [9.17, 15) is 5.11 Å². The Morgan fingerprint density at radius 1 is 1.44 bits per heavy atom. The van der Waals surface area contributed by atoms with Crippen LogP contribution in [0, 0.1) is 6.92 Å². The summed E-state index contributed by atoms with van der Waals surface area (Å²) < 4.78 is 2.70. The first-order chi connectivity index (χ1) is 7.59. The largest absolute Gasteiger partial charge is 0.387 e. The Morgan fingerprint density at radius 3 is 2.81 bits per heavy atom. The third-order valence-electron chi connectivity index (χ3n) is 2.43. The quantitative estimate of drug-likeness (QED) is 0.920. The normalized spacial score (nSPS) is 12.8. The number of aliphatic hydroxyl groups excluding tert-OH is 1. The zero-order valence-electron chi connectivity index (χ0n) is 9.05. The molecule has 1 aromatic carbocycles. The van der Waals surface area contributed by atoms with E-state index in [-0.39, 0.29) is 0 Å². The van der Waals surface area contributed by atoms with Crippen molar-refractivity contribution in [1.82, 2.24) is 15.0 Å². The van der Waals surface area contributed by atoms with Gasteiger partial charge < -0.3 is 5.11 Å². The van der Waals surface area contributed by atoms with Gasteiger partial charge in [0.25, 0.3) is 0 Å². The van der Waals surface area contributed by atoms with E-state index < -0.39 is 6.10 Å². The summed E-state index contributed by atoms with van der Waals surface area (Å²) >= 11 is 3.47. The molecule has 0 amide bonds. The molecule has 2 aromatic rings. The number of halogens is 1. The molecule has 0 fully saturated rings. The van der Waals surface area contributed by atoms with Gasteiger partial charge in [-0.25, -0.2) is 4.68 Å². The van der Waals surface area contributed by atoms with Crippen molar-refractivity contribution >= 4 is 15.9 Å². The number of benzene rings is 1. The average molecular weight is 282 g/mol. The zero-order chi connectivity index (χ0) is 11.7. The fourth-order valence-electron chi connectivity index (χ4n) is 1.43. The number of aliphatic hydroxyl groups is 1. The zero-order valence-corrected chi connectivity index (χ0v) is 10.6. The summed E-state index contributed by atoms with van der Waals surface area (Å²) in [4.78, 5) is 0. The van der Waals surface area contributed by atoms with E-state index in [0.717, 1.165) is 15.7 Å². The molecule has 0 saturated carbocycles. The van der Waals surface area contributed by atoms with E-state index in [1.54, 1.807) is 17.8 Å². The van der Waals surface area contributed by atoms with E-state index in [1.807, 2.05) is 25.1 Å². The standard InChI is InChI=1S/C11H12BrN3O/c1-7-9(12)4-3-5-11(7)15-6-10(8(2)16)13-14-15/h3-6,8,16H,1-2H3. The van der Waals surface area contributed by atoms with Gasteiger partial charge in [-0.3, -0.25) is 0 Å². The van der Waals surface area contributed by atoms with Crippen LogP contribution >= 0.6 is 15.9 Å². The molecule has 16 heavy (non-hydrogen) atoms. The number of hydrogen-bond donors (Lipinski definition) is 1. The van der Waals surface area contributed by atoms with E-state index in [1.165, 1.54) is 0 Å². The van der Waals surface area contributed by atoms with Crippen LogP contribution in [-0.2, 0) is 0 Å². The summed E-state index contributed by atoms with van der Waals surface area (Å²) in [6.07, 6.45) is 1.14. The molecule has 1 N–H and O–H groups in total. The topological polar surface area (TPSA) is 50.9 Å². The molecular weight excluding hydrogens is 270 g/mol. The van der Waals surface area contributed by atoms with Crippen LogP contribution in [0.5, 0.6) is 0 Å². The van der Waals surface area contributed by atoms with Crippen molar-refractivity contribution in [3.05, 3.63) is 40.1 Å². The smallest absolute Gasteiger partial charge is 0.111 e. The second kappa shape index (κ2) is 4.35. The average Bonchev–Trinajstić information content (AvgIpc) is 2.71. The minimum Gasteiger partial charge on any atom is -0.387 e. The summed E-state index contributed by atoms with van der Waals surface area (Å²) in [7, 11) is 0. The summed E-state index contributed by atoms with van der Waals surface area (Å²) in [5.41, 5.74) is 2.61. The molecule has 1 atom stereocenters. The Morgan fingerprint density at radius 2 is 2.19 bits per heavy atom. The minimum absolute atomic E-state index is 0.569. The van der Waals surface area contributed by atoms with E-state index in [4.69, 9.17) is 0 Å². The highest BCUT2D eigenvalue weighted by Crippen LogP contribution is 2.22. The van der Waals surface area contributed by atoms with Crippen molar-refractivity contribution in [2.45, 2.75) is 20.0 Å². The fourth-order valence-corrected chi connectivity index (χ4v) is 1.79. The lowest BCUT2D eigenvalue weighted by Gasteiger charge is -2.06. The molecule has 84 valence electrons. The summed E-state index contributed by atoms with van der Waals surface area (Å²) in [5, 5.41) is 17.3. The van der Waals surface area contributed by atoms with Crippen LogP contribution in [0.15, 0.2) is 28.9 Å². The highest BCUT2D eigenvalue weighted by Gasteiger charge is 2.09. The SMILES string of the molecule is Cc1c(Br)cccc1-n1cc(C(C)O)nn1. The lowest BCUT2D eigenvalue weighted by Crippen LogP contribution is -1.98. The highest BCUT2D eigenvalue weighted by atomic mass is 79.9. The van der Waals surface area contributed by atoms with Crippen molar-refractivity contribution in [2.24, 2.45) is 0 Å². The molecule has 0 bridgehead atoms. The molecule has 0 radical (unpaired) electrons. The molecule has 1 aromatic heterocycles. The maximum Gasteiger partial charge on any atom is 0.111 e. The fraction of sp³-hybridized carbons (Fsp3) is 0.273. The van der Waals surface area contributed by atoms with Gasteiger partial charge in [0.2, 0.25) is 0 Å². The molecule has 4 nitrogen and oxygen atoms in total. The molecular formula is C11H12BrN3O. The van der Waals surface area contributed by atoms with Crippen LogP contribution in [0.2, 0.25) is 0 Å². The van der Waals surface area contributed by atoms with Crippen molar-refractivity contribution in [3.8, 4) is 5.69 Å². The maximum atomic E-state index is 9.38. The number of hydrogen-bond acceptors (Lipinski definition) is 3. The van der Waals surface area contributed by atoms with Crippen LogP contribution in [0.25, 0.3) is 5.69 Å². The molecule has 5 heteroatoms. The summed E-state index contributed by atoms with van der Waals surface area (Å²) in [5.74, 6) is 0. The molecule has 0 aliphatic rings. The van der Waals surface area contributed by atoms with Gasteiger partial charge in [-0.15, -0.1) is 5.10 Å². The van der Waals surface area contributed by atoms with Gasteiger partial charge in [-0.2, -0.15) is 0 Å².